The third-order valence-corrected chi connectivity index (χ3v) is 3.98. The van der Waals surface area contributed by atoms with Gasteiger partial charge in [-0.1, -0.05) is 29.7 Å². The van der Waals surface area contributed by atoms with Gasteiger partial charge in [0.25, 0.3) is 5.56 Å². The molecule has 3 rings (SSSR count). The Labute approximate surface area is 114 Å². The van der Waals surface area contributed by atoms with E-state index >= 15 is 0 Å². The summed E-state index contributed by atoms with van der Waals surface area (Å²) in [5.74, 6) is 0.562. The third-order valence-electron chi connectivity index (χ3n) is 2.91. The topological polar surface area (TPSA) is 44.1 Å². The molecule has 2 heterocycles. The van der Waals surface area contributed by atoms with Crippen LogP contribution in [-0.2, 0) is 6.54 Å². The van der Waals surface area contributed by atoms with Crippen molar-refractivity contribution in [2.45, 2.75) is 6.54 Å². The fourth-order valence-electron chi connectivity index (χ4n) is 2.00. The number of aromatic nitrogens is 2. The van der Waals surface area contributed by atoms with E-state index in [4.69, 9.17) is 4.74 Å². The molecule has 0 unspecified atom stereocenters. The molecule has 0 saturated heterocycles. The van der Waals surface area contributed by atoms with E-state index in [0.717, 1.165) is 15.6 Å². The third kappa shape index (κ3) is 2.13. The second-order valence-electron chi connectivity index (χ2n) is 4.10. The molecular formula is C14H12N2O2S. The van der Waals surface area contributed by atoms with Crippen molar-refractivity contribution in [3.8, 4) is 5.88 Å². The molecular weight excluding hydrogens is 260 g/mol. The van der Waals surface area contributed by atoms with Gasteiger partial charge in [-0.2, -0.15) is 0 Å². The van der Waals surface area contributed by atoms with Gasteiger partial charge in [-0.05, 0) is 18.2 Å². The molecule has 0 amide bonds. The number of pyridine rings is 1. The highest BCUT2D eigenvalue weighted by Gasteiger charge is 2.10. The summed E-state index contributed by atoms with van der Waals surface area (Å²) in [5.41, 5.74) is 0.935. The summed E-state index contributed by atoms with van der Waals surface area (Å²) in [5, 5.41) is 0.760. The minimum atomic E-state index is 0.0338. The highest BCUT2D eigenvalue weighted by Crippen LogP contribution is 2.20. The molecule has 19 heavy (non-hydrogen) atoms. The van der Waals surface area contributed by atoms with Crippen LogP contribution in [0.3, 0.4) is 0 Å². The predicted molar refractivity (Wildman–Crippen MR) is 76.0 cm³/mol. The number of ether oxygens (including phenoxy) is 1. The van der Waals surface area contributed by atoms with Crippen LogP contribution in [0.1, 0.15) is 5.56 Å². The van der Waals surface area contributed by atoms with Gasteiger partial charge in [-0.15, -0.1) is 0 Å². The van der Waals surface area contributed by atoms with E-state index in [-0.39, 0.29) is 5.56 Å². The molecule has 0 fully saturated rings. The SMILES string of the molecule is COc1ncccc1Cn1sc2ccccc2c1=O. The number of hydrogen-bond donors (Lipinski definition) is 0. The zero-order chi connectivity index (χ0) is 13.2. The molecule has 0 saturated carbocycles. The molecule has 96 valence electrons. The number of nitrogens with zero attached hydrogens (tertiary/aromatic N) is 2. The first-order valence-corrected chi connectivity index (χ1v) is 6.63. The van der Waals surface area contributed by atoms with Crippen molar-refractivity contribution in [3.05, 3.63) is 58.5 Å². The molecule has 0 radical (unpaired) electrons. The first-order valence-electron chi connectivity index (χ1n) is 5.86. The van der Waals surface area contributed by atoms with E-state index in [9.17, 15) is 4.79 Å². The smallest absolute Gasteiger partial charge is 0.268 e. The van der Waals surface area contributed by atoms with Crippen molar-refractivity contribution in [2.75, 3.05) is 7.11 Å². The van der Waals surface area contributed by atoms with E-state index in [1.165, 1.54) is 11.5 Å². The second kappa shape index (κ2) is 4.85. The van der Waals surface area contributed by atoms with Crippen molar-refractivity contribution in [3.63, 3.8) is 0 Å². The maximum atomic E-state index is 12.2. The highest BCUT2D eigenvalue weighted by molar-refractivity contribution is 7.13. The van der Waals surface area contributed by atoms with Gasteiger partial charge in [-0.25, -0.2) is 4.98 Å². The number of methoxy groups -OCH3 is 1. The van der Waals surface area contributed by atoms with Crippen LogP contribution in [0.2, 0.25) is 0 Å². The Kier molecular flexibility index (Phi) is 3.05. The maximum Gasteiger partial charge on any atom is 0.268 e. The van der Waals surface area contributed by atoms with Gasteiger partial charge in [0.2, 0.25) is 5.88 Å². The largest absolute Gasteiger partial charge is 0.481 e. The van der Waals surface area contributed by atoms with Gasteiger partial charge in [0, 0.05) is 11.8 Å². The van der Waals surface area contributed by atoms with Gasteiger partial charge in [0.05, 0.1) is 23.7 Å². The van der Waals surface area contributed by atoms with Crippen LogP contribution in [0.25, 0.3) is 10.1 Å². The highest BCUT2D eigenvalue weighted by atomic mass is 32.1. The fraction of sp³-hybridized carbons (Fsp3) is 0.143. The van der Waals surface area contributed by atoms with Gasteiger partial charge in [-0.3, -0.25) is 8.75 Å². The molecule has 2 aromatic heterocycles. The number of fused-ring (bicyclic) bond motifs is 1. The minimum Gasteiger partial charge on any atom is -0.481 e. The van der Waals surface area contributed by atoms with Gasteiger partial charge in [0.15, 0.2) is 0 Å². The lowest BCUT2D eigenvalue weighted by atomic mass is 10.2. The summed E-state index contributed by atoms with van der Waals surface area (Å²) in [7, 11) is 1.58. The van der Waals surface area contributed by atoms with E-state index in [1.54, 1.807) is 17.3 Å². The summed E-state index contributed by atoms with van der Waals surface area (Å²) < 4.78 is 7.93. The molecule has 4 nitrogen and oxygen atoms in total. The first-order chi connectivity index (χ1) is 9.29. The van der Waals surface area contributed by atoms with Crippen LogP contribution in [-0.4, -0.2) is 16.1 Å². The summed E-state index contributed by atoms with van der Waals surface area (Å²) in [4.78, 5) is 16.4. The van der Waals surface area contributed by atoms with Crippen LogP contribution in [0.15, 0.2) is 47.4 Å². The van der Waals surface area contributed by atoms with Crippen LogP contribution < -0.4 is 10.3 Å². The number of benzene rings is 1. The van der Waals surface area contributed by atoms with Crippen molar-refractivity contribution in [1.82, 2.24) is 8.94 Å². The van der Waals surface area contributed by atoms with Crippen LogP contribution >= 0.6 is 11.5 Å². The van der Waals surface area contributed by atoms with Crippen molar-refractivity contribution in [2.24, 2.45) is 0 Å². The fourth-order valence-corrected chi connectivity index (χ4v) is 3.02. The lowest BCUT2D eigenvalue weighted by Crippen LogP contribution is -2.14. The molecule has 0 aliphatic rings. The quantitative estimate of drug-likeness (QED) is 0.736. The van der Waals surface area contributed by atoms with E-state index < -0.39 is 0 Å². The van der Waals surface area contributed by atoms with Crippen LogP contribution in [0.4, 0.5) is 0 Å². The average molecular weight is 272 g/mol. The Morgan fingerprint density at radius 2 is 2.11 bits per heavy atom. The zero-order valence-corrected chi connectivity index (χ0v) is 11.2. The normalized spacial score (nSPS) is 10.8. The van der Waals surface area contributed by atoms with E-state index in [2.05, 4.69) is 4.98 Å². The monoisotopic (exact) mass is 272 g/mol. The van der Waals surface area contributed by atoms with Crippen molar-refractivity contribution < 1.29 is 4.74 Å². The van der Waals surface area contributed by atoms with Gasteiger partial charge >= 0.3 is 0 Å². The van der Waals surface area contributed by atoms with E-state index in [1.807, 2.05) is 36.4 Å². The Morgan fingerprint density at radius 3 is 2.89 bits per heavy atom. The molecule has 3 aromatic rings. The second-order valence-corrected chi connectivity index (χ2v) is 5.16. The van der Waals surface area contributed by atoms with E-state index in [0.29, 0.717) is 12.4 Å². The van der Waals surface area contributed by atoms with Gasteiger partial charge < -0.3 is 4.74 Å². The molecule has 1 aromatic carbocycles. The molecule has 0 N–H and O–H groups in total. The van der Waals surface area contributed by atoms with Crippen LogP contribution in [0.5, 0.6) is 5.88 Å². The minimum absolute atomic E-state index is 0.0338. The lowest BCUT2D eigenvalue weighted by Gasteiger charge is -2.06. The lowest BCUT2D eigenvalue weighted by molar-refractivity contribution is 0.391. The predicted octanol–water partition coefficient (Wildman–Crippen LogP) is 2.51. The van der Waals surface area contributed by atoms with Gasteiger partial charge in [0.1, 0.15) is 0 Å². The van der Waals surface area contributed by atoms with Crippen molar-refractivity contribution >= 4 is 21.6 Å². The number of rotatable bonds is 3. The standard InChI is InChI=1S/C14H12N2O2S/c1-18-13-10(5-4-8-15-13)9-16-14(17)11-6-2-3-7-12(11)19-16/h2-8H,9H2,1H3. The summed E-state index contributed by atoms with van der Waals surface area (Å²) in [6.07, 6.45) is 1.68. The van der Waals surface area contributed by atoms with Crippen molar-refractivity contribution in [1.29, 1.82) is 0 Å². The Balaban J connectivity index is 2.06. The Bertz CT molecular complexity index is 776. The molecule has 0 atom stereocenters. The molecule has 0 bridgehead atoms. The summed E-state index contributed by atoms with van der Waals surface area (Å²) in [6, 6.07) is 11.4. The molecule has 0 aliphatic carbocycles. The molecule has 0 aliphatic heterocycles. The molecule has 5 heteroatoms. The Hall–Kier alpha value is -2.14. The Morgan fingerprint density at radius 1 is 1.26 bits per heavy atom. The molecule has 0 spiro atoms. The zero-order valence-electron chi connectivity index (χ0n) is 10.4. The maximum absolute atomic E-state index is 12.2. The number of hydrogen-bond acceptors (Lipinski definition) is 4. The first kappa shape index (κ1) is 11.9. The summed E-state index contributed by atoms with van der Waals surface area (Å²) in [6.45, 7) is 0.481. The average Bonchev–Trinajstić information content (AvgIpc) is 2.77. The van der Waals surface area contributed by atoms with Crippen LogP contribution in [0, 0.1) is 0 Å². The summed E-state index contributed by atoms with van der Waals surface area (Å²) >= 11 is 1.46.